The highest BCUT2D eigenvalue weighted by atomic mass is 16.5. The van der Waals surface area contributed by atoms with Crippen molar-refractivity contribution in [3.8, 4) is 0 Å². The Bertz CT molecular complexity index is 270. The zero-order chi connectivity index (χ0) is 13.9. The first kappa shape index (κ1) is 16.3. The Hall–Kier alpha value is -0.790. The van der Waals surface area contributed by atoms with Crippen LogP contribution < -0.4 is 0 Å². The second kappa shape index (κ2) is 10.1. The average molecular weight is 266 g/mol. The molecule has 2 atom stereocenters. The van der Waals surface area contributed by atoms with E-state index in [1.165, 1.54) is 38.5 Å². The summed E-state index contributed by atoms with van der Waals surface area (Å²) >= 11 is 0. The minimum Gasteiger partial charge on any atom is -0.462 e. The lowest BCUT2D eigenvalue weighted by atomic mass is 9.99. The zero-order valence-electron chi connectivity index (χ0n) is 12.7. The van der Waals surface area contributed by atoms with Gasteiger partial charge in [0.2, 0.25) is 0 Å². The van der Waals surface area contributed by atoms with E-state index in [-0.39, 0.29) is 12.1 Å². The van der Waals surface area contributed by atoms with E-state index in [9.17, 15) is 4.79 Å². The lowest BCUT2D eigenvalue weighted by Gasteiger charge is -2.15. The van der Waals surface area contributed by atoms with E-state index in [1.54, 1.807) is 0 Å². The number of ether oxygens (including phenoxy) is 1. The van der Waals surface area contributed by atoms with Crippen LogP contribution in [0.2, 0.25) is 0 Å². The van der Waals surface area contributed by atoms with Crippen molar-refractivity contribution in [2.24, 2.45) is 5.92 Å². The highest BCUT2D eigenvalue weighted by molar-refractivity contribution is 5.69. The summed E-state index contributed by atoms with van der Waals surface area (Å²) in [5, 5.41) is 0. The Labute approximate surface area is 118 Å². The summed E-state index contributed by atoms with van der Waals surface area (Å²) in [7, 11) is 0. The van der Waals surface area contributed by atoms with Gasteiger partial charge in [0.15, 0.2) is 0 Å². The standard InChI is InChI=1S/C17H30O2/c1-15-12-10-8-6-4-3-5-7-9-11-13-16(2)19-17(18)14-15/h9,11,15-16H,3-8,10,12-14H2,1-2H3/b11-9-. The Balaban J connectivity index is 2.39. The SMILES string of the molecule is CC1CCCCCCCC/C=C\CC(C)OC(=O)C1. The van der Waals surface area contributed by atoms with Gasteiger partial charge in [-0.1, -0.05) is 57.6 Å². The van der Waals surface area contributed by atoms with Crippen molar-refractivity contribution in [1.82, 2.24) is 0 Å². The Morgan fingerprint density at radius 1 is 1.00 bits per heavy atom. The molecule has 0 bridgehead atoms. The average Bonchev–Trinajstić information content (AvgIpc) is 2.34. The number of esters is 1. The van der Waals surface area contributed by atoms with Crippen LogP contribution in [0.1, 0.15) is 78.1 Å². The smallest absolute Gasteiger partial charge is 0.306 e. The zero-order valence-corrected chi connectivity index (χ0v) is 12.7. The highest BCUT2D eigenvalue weighted by Gasteiger charge is 2.13. The molecule has 0 N–H and O–H groups in total. The summed E-state index contributed by atoms with van der Waals surface area (Å²) in [5.41, 5.74) is 0. The highest BCUT2D eigenvalue weighted by Crippen LogP contribution is 2.17. The number of rotatable bonds is 0. The molecule has 0 aromatic heterocycles. The van der Waals surface area contributed by atoms with Crippen molar-refractivity contribution in [3.63, 3.8) is 0 Å². The van der Waals surface area contributed by atoms with Gasteiger partial charge in [-0.05, 0) is 25.7 Å². The third kappa shape index (κ3) is 8.85. The quantitative estimate of drug-likeness (QED) is 0.454. The third-order valence-electron chi connectivity index (χ3n) is 3.80. The molecular weight excluding hydrogens is 236 g/mol. The lowest BCUT2D eigenvalue weighted by Crippen LogP contribution is -2.16. The van der Waals surface area contributed by atoms with Gasteiger partial charge in [-0.15, -0.1) is 0 Å². The van der Waals surface area contributed by atoms with Crippen LogP contribution in [-0.4, -0.2) is 12.1 Å². The van der Waals surface area contributed by atoms with Crippen molar-refractivity contribution >= 4 is 5.97 Å². The summed E-state index contributed by atoms with van der Waals surface area (Å²) in [4.78, 5) is 11.8. The largest absolute Gasteiger partial charge is 0.462 e. The van der Waals surface area contributed by atoms with E-state index in [0.29, 0.717) is 12.3 Å². The van der Waals surface area contributed by atoms with Crippen LogP contribution in [0.5, 0.6) is 0 Å². The van der Waals surface area contributed by atoms with Gasteiger partial charge >= 0.3 is 5.97 Å². The molecular formula is C17H30O2. The molecule has 1 aliphatic rings. The van der Waals surface area contributed by atoms with Gasteiger partial charge in [0.05, 0.1) is 0 Å². The number of cyclic esters (lactones) is 1. The second-order valence-corrected chi connectivity index (χ2v) is 6.02. The van der Waals surface area contributed by atoms with E-state index in [1.807, 2.05) is 6.92 Å². The maximum atomic E-state index is 11.8. The van der Waals surface area contributed by atoms with Crippen molar-refractivity contribution in [2.45, 2.75) is 84.2 Å². The van der Waals surface area contributed by atoms with Gasteiger partial charge in [-0.25, -0.2) is 0 Å². The molecule has 2 nitrogen and oxygen atoms in total. The van der Waals surface area contributed by atoms with Crippen molar-refractivity contribution < 1.29 is 9.53 Å². The molecule has 2 unspecified atom stereocenters. The monoisotopic (exact) mass is 266 g/mol. The molecule has 0 aromatic rings. The van der Waals surface area contributed by atoms with E-state index < -0.39 is 0 Å². The first-order valence-corrected chi connectivity index (χ1v) is 8.03. The first-order chi connectivity index (χ1) is 9.18. The Kier molecular flexibility index (Phi) is 8.61. The van der Waals surface area contributed by atoms with Crippen molar-refractivity contribution in [3.05, 3.63) is 12.2 Å². The molecule has 0 aromatic carbocycles. The molecule has 0 amide bonds. The summed E-state index contributed by atoms with van der Waals surface area (Å²) in [5.74, 6) is 0.434. The minimum atomic E-state index is -0.0273. The molecule has 0 radical (unpaired) electrons. The fraction of sp³-hybridized carbons (Fsp3) is 0.824. The van der Waals surface area contributed by atoms with Crippen LogP contribution in [0.4, 0.5) is 0 Å². The predicted octanol–water partition coefficient (Wildman–Crippen LogP) is 5.03. The molecule has 1 heterocycles. The molecule has 1 aliphatic heterocycles. The van der Waals surface area contributed by atoms with Crippen LogP contribution in [-0.2, 0) is 9.53 Å². The molecule has 0 fully saturated rings. The minimum absolute atomic E-state index is 0.0175. The molecule has 0 saturated carbocycles. The summed E-state index contributed by atoms with van der Waals surface area (Å²) in [6, 6.07) is 0. The summed E-state index contributed by atoms with van der Waals surface area (Å²) < 4.78 is 5.43. The fourth-order valence-corrected chi connectivity index (χ4v) is 2.58. The van der Waals surface area contributed by atoms with Crippen LogP contribution in [0.25, 0.3) is 0 Å². The first-order valence-electron chi connectivity index (χ1n) is 8.03. The number of hydrogen-bond donors (Lipinski definition) is 0. The molecule has 19 heavy (non-hydrogen) atoms. The van der Waals surface area contributed by atoms with Gasteiger partial charge in [0.1, 0.15) is 6.10 Å². The molecule has 0 aliphatic carbocycles. The van der Waals surface area contributed by atoms with Crippen LogP contribution in [0, 0.1) is 5.92 Å². The van der Waals surface area contributed by atoms with Crippen LogP contribution >= 0.6 is 0 Å². The number of hydrogen-bond acceptors (Lipinski definition) is 2. The maximum Gasteiger partial charge on any atom is 0.306 e. The van der Waals surface area contributed by atoms with Gasteiger partial charge in [-0.3, -0.25) is 4.79 Å². The number of carbonyl (C=O) groups excluding carboxylic acids is 1. The van der Waals surface area contributed by atoms with Gasteiger partial charge in [0, 0.05) is 12.8 Å². The predicted molar refractivity (Wildman–Crippen MR) is 80.0 cm³/mol. The Morgan fingerprint density at radius 2 is 1.68 bits per heavy atom. The lowest BCUT2D eigenvalue weighted by molar-refractivity contribution is -0.149. The Morgan fingerprint density at radius 3 is 2.47 bits per heavy atom. The fourth-order valence-electron chi connectivity index (χ4n) is 2.58. The van der Waals surface area contributed by atoms with Crippen molar-refractivity contribution in [2.75, 3.05) is 0 Å². The van der Waals surface area contributed by atoms with Gasteiger partial charge in [-0.2, -0.15) is 0 Å². The van der Waals surface area contributed by atoms with E-state index in [2.05, 4.69) is 19.1 Å². The maximum absolute atomic E-state index is 11.8. The molecule has 0 saturated heterocycles. The van der Waals surface area contributed by atoms with E-state index >= 15 is 0 Å². The molecule has 110 valence electrons. The van der Waals surface area contributed by atoms with E-state index in [4.69, 9.17) is 4.74 Å². The molecule has 2 heteroatoms. The van der Waals surface area contributed by atoms with Crippen LogP contribution in [0.3, 0.4) is 0 Å². The van der Waals surface area contributed by atoms with Crippen LogP contribution in [0.15, 0.2) is 12.2 Å². The van der Waals surface area contributed by atoms with Crippen molar-refractivity contribution in [1.29, 1.82) is 0 Å². The number of carbonyl (C=O) groups is 1. The normalized spacial score (nSPS) is 30.5. The molecule has 0 spiro atoms. The van der Waals surface area contributed by atoms with Gasteiger partial charge in [0.25, 0.3) is 0 Å². The number of allylic oxidation sites excluding steroid dienone is 1. The summed E-state index contributed by atoms with van der Waals surface area (Å²) in [6.45, 7) is 4.14. The molecule has 1 rings (SSSR count). The third-order valence-corrected chi connectivity index (χ3v) is 3.80. The van der Waals surface area contributed by atoms with Gasteiger partial charge < -0.3 is 4.74 Å². The summed E-state index contributed by atoms with van der Waals surface area (Å²) in [6.07, 6.45) is 16.1. The second-order valence-electron chi connectivity index (χ2n) is 6.02. The topological polar surface area (TPSA) is 26.3 Å². The van der Waals surface area contributed by atoms with E-state index in [0.717, 1.165) is 19.3 Å².